The van der Waals surface area contributed by atoms with Crippen molar-refractivity contribution >= 4 is 18.0 Å². The first-order valence-corrected chi connectivity index (χ1v) is 14.4. The smallest absolute Gasteiger partial charge is 0.375 e. The molecule has 42 heavy (non-hydrogen) atoms. The first kappa shape index (κ1) is 27.1. The molecule has 0 spiro atoms. The fourth-order valence-electron chi connectivity index (χ4n) is 9.21. The average molecular weight is 579 g/mol. The quantitative estimate of drug-likeness (QED) is 0.389. The summed E-state index contributed by atoms with van der Waals surface area (Å²) >= 11 is 0. The van der Waals surface area contributed by atoms with Crippen molar-refractivity contribution in [3.05, 3.63) is 77.0 Å². The fraction of sp³-hybridized carbons (Fsp3) is 0.469. The number of carboxylic acid groups (broad SMARTS) is 1. The number of benzene rings is 1. The highest BCUT2D eigenvalue weighted by molar-refractivity contribution is 5.90. The molecule has 3 saturated carbocycles. The maximum absolute atomic E-state index is 14.0. The van der Waals surface area contributed by atoms with Gasteiger partial charge < -0.3 is 19.4 Å². The number of esters is 1. The molecule has 4 aliphatic carbocycles. The van der Waals surface area contributed by atoms with Crippen LogP contribution in [0.25, 0.3) is 11.8 Å². The van der Waals surface area contributed by atoms with Crippen molar-refractivity contribution in [2.75, 3.05) is 0 Å². The Morgan fingerprint density at radius 1 is 1.17 bits per heavy atom. The van der Waals surface area contributed by atoms with Gasteiger partial charge in [-0.3, -0.25) is 0 Å². The van der Waals surface area contributed by atoms with Crippen molar-refractivity contribution < 1.29 is 37.7 Å². The van der Waals surface area contributed by atoms with Gasteiger partial charge >= 0.3 is 11.9 Å². The summed E-state index contributed by atoms with van der Waals surface area (Å²) in [7, 11) is 0. The summed E-state index contributed by atoms with van der Waals surface area (Å²) in [6, 6.07) is 6.31. The van der Waals surface area contributed by atoms with Crippen LogP contribution in [0.2, 0.25) is 0 Å². The molecular formula is C32H32F2N2O6. The predicted molar refractivity (Wildman–Crippen MR) is 145 cm³/mol. The van der Waals surface area contributed by atoms with E-state index in [0.717, 1.165) is 35.7 Å². The zero-order valence-electron chi connectivity index (χ0n) is 23.3. The van der Waals surface area contributed by atoms with Crippen LogP contribution in [0.4, 0.5) is 8.78 Å². The summed E-state index contributed by atoms with van der Waals surface area (Å²) < 4.78 is 40.6. The molecule has 0 radical (unpaired) electrons. The number of allylic oxidation sites excluding steroid dienone is 1. The summed E-state index contributed by atoms with van der Waals surface area (Å²) in [5.41, 5.74) is -0.0447. The number of ether oxygens (including phenoxy) is 1. The molecule has 0 amide bonds. The number of carbonyl (C=O) groups is 2. The minimum Gasteiger partial charge on any atom is -0.478 e. The summed E-state index contributed by atoms with van der Waals surface area (Å²) in [5.74, 6) is -3.66. The molecule has 2 N–H and O–H groups in total. The summed E-state index contributed by atoms with van der Waals surface area (Å²) in [4.78, 5) is 25.8. The van der Waals surface area contributed by atoms with E-state index in [-0.39, 0.29) is 36.4 Å². The minimum atomic E-state index is -1.79. The zero-order valence-corrected chi connectivity index (χ0v) is 23.3. The van der Waals surface area contributed by atoms with Crippen molar-refractivity contribution in [3.63, 3.8) is 0 Å². The molecule has 0 saturated heterocycles. The molecule has 0 unspecified atom stereocenters. The second-order valence-corrected chi connectivity index (χ2v) is 12.9. The number of fused-ring (bicyclic) bond motifs is 6. The maximum atomic E-state index is 14.0. The lowest BCUT2D eigenvalue weighted by atomic mass is 9.45. The molecule has 4 aliphatic rings. The molecular weight excluding hydrogens is 546 g/mol. The first-order valence-electron chi connectivity index (χ1n) is 14.4. The summed E-state index contributed by atoms with van der Waals surface area (Å²) in [6.45, 7) is 4.00. The van der Waals surface area contributed by atoms with Crippen LogP contribution >= 0.6 is 0 Å². The number of carboxylic acids is 1. The average Bonchev–Trinajstić information content (AvgIpc) is 3.65. The van der Waals surface area contributed by atoms with Gasteiger partial charge in [-0.05, 0) is 97.6 Å². The number of halogens is 2. The first-order chi connectivity index (χ1) is 20.0. The Bertz CT molecular complexity index is 1610. The van der Waals surface area contributed by atoms with Gasteiger partial charge in [-0.2, -0.15) is 5.10 Å². The van der Waals surface area contributed by atoms with Gasteiger partial charge in [-0.25, -0.2) is 23.1 Å². The molecule has 7 atom stereocenters. The molecule has 3 aromatic rings. The molecule has 1 aromatic carbocycles. The Morgan fingerprint density at radius 2 is 1.93 bits per heavy atom. The molecule has 10 heteroatoms. The van der Waals surface area contributed by atoms with E-state index in [0.29, 0.717) is 18.5 Å². The molecule has 7 rings (SSSR count). The van der Waals surface area contributed by atoms with E-state index >= 15 is 0 Å². The zero-order chi connectivity index (χ0) is 29.6. The Hall–Kier alpha value is -3.79. The highest BCUT2D eigenvalue weighted by Crippen LogP contribution is 2.68. The molecule has 3 fully saturated rings. The summed E-state index contributed by atoms with van der Waals surface area (Å²) in [5, 5.41) is 26.9. The number of aromatic nitrogens is 2. The largest absolute Gasteiger partial charge is 0.478 e. The number of nitrogens with zero attached hydrogens (tertiary/aromatic N) is 2. The highest BCUT2D eigenvalue weighted by atomic mass is 19.1. The number of carbonyl (C=O) groups excluding carboxylic acids is 1. The maximum Gasteiger partial charge on any atom is 0.375 e. The lowest BCUT2D eigenvalue weighted by molar-refractivity contribution is -0.195. The van der Waals surface area contributed by atoms with E-state index in [9.17, 15) is 28.6 Å². The van der Waals surface area contributed by atoms with E-state index in [1.165, 1.54) is 24.5 Å². The van der Waals surface area contributed by atoms with Gasteiger partial charge in [0, 0.05) is 11.5 Å². The number of aliphatic hydroxyl groups excluding tert-OH is 1. The standard InChI is InChI=1S/C32H32F2N2O6/c1-30-14-17-16-35-36(21-12-19(33)11-20(34)13-21)24(17)10-18(30)5-6-22-23-7-8-32(29(39)40,31(23,2)15-25(37)27(22)30)42-28(38)26-4-3-9-41-26/h3-4,9-13,16,22-23,25,27,37H,5-8,14-15H2,1-2H3,(H,39,40)/t22-,23-,25-,27+,30-,31-,32-/m0/s1. The third-order valence-electron chi connectivity index (χ3n) is 11.0. The van der Waals surface area contributed by atoms with Gasteiger partial charge in [0.05, 0.1) is 29.9 Å². The predicted octanol–water partition coefficient (Wildman–Crippen LogP) is 5.58. The second kappa shape index (κ2) is 9.10. The molecule has 2 heterocycles. The van der Waals surface area contributed by atoms with Gasteiger partial charge in [-0.15, -0.1) is 0 Å². The number of furan rings is 1. The number of hydrogen-bond donors (Lipinski definition) is 2. The van der Waals surface area contributed by atoms with E-state index < -0.39 is 46.1 Å². The van der Waals surface area contributed by atoms with Crippen LogP contribution in [-0.4, -0.2) is 43.6 Å². The van der Waals surface area contributed by atoms with Gasteiger partial charge in [0.25, 0.3) is 0 Å². The van der Waals surface area contributed by atoms with E-state index in [1.54, 1.807) is 16.9 Å². The SMILES string of the molecule is C[C@]12Cc3cnn(-c4cc(F)cc(F)c4)c3C=C1CC[C@@H]1[C@@H]2[C@@H](O)C[C@@]2(C)[C@H]1CC[C@]2(OC(=O)c1ccco1)C(=O)O. The fourth-order valence-corrected chi connectivity index (χ4v) is 9.21. The Morgan fingerprint density at radius 3 is 2.62 bits per heavy atom. The van der Waals surface area contributed by atoms with Crippen molar-refractivity contribution in [1.82, 2.24) is 9.78 Å². The third kappa shape index (κ3) is 3.63. The van der Waals surface area contributed by atoms with Gasteiger partial charge in [-0.1, -0.05) is 19.4 Å². The molecule has 8 nitrogen and oxygen atoms in total. The monoisotopic (exact) mass is 578 g/mol. The summed E-state index contributed by atoms with van der Waals surface area (Å²) in [6.07, 6.45) is 7.22. The van der Waals surface area contributed by atoms with Gasteiger partial charge in [0.1, 0.15) is 11.6 Å². The Balaban J connectivity index is 1.23. The highest BCUT2D eigenvalue weighted by Gasteiger charge is 2.71. The van der Waals surface area contributed by atoms with Crippen LogP contribution in [0, 0.1) is 40.2 Å². The molecule has 0 bridgehead atoms. The van der Waals surface area contributed by atoms with Crippen LogP contribution in [-0.2, 0) is 16.0 Å². The minimum absolute atomic E-state index is 0.0124. The van der Waals surface area contributed by atoms with Gasteiger partial charge in [0.15, 0.2) is 0 Å². The lowest BCUT2D eigenvalue weighted by Crippen LogP contribution is -2.63. The van der Waals surface area contributed by atoms with E-state index in [1.807, 2.05) is 13.0 Å². The molecule has 0 aliphatic heterocycles. The topological polar surface area (TPSA) is 115 Å². The Labute approximate surface area is 241 Å². The van der Waals surface area contributed by atoms with E-state index in [2.05, 4.69) is 12.0 Å². The van der Waals surface area contributed by atoms with Crippen LogP contribution in [0.5, 0.6) is 0 Å². The Kier molecular flexibility index (Phi) is 5.87. The van der Waals surface area contributed by atoms with E-state index in [4.69, 9.17) is 9.15 Å². The van der Waals surface area contributed by atoms with Crippen molar-refractivity contribution in [2.45, 2.75) is 64.1 Å². The van der Waals surface area contributed by atoms with Crippen LogP contribution in [0.1, 0.15) is 67.8 Å². The number of aliphatic carboxylic acids is 1. The van der Waals surface area contributed by atoms with Crippen LogP contribution in [0.3, 0.4) is 0 Å². The molecule has 2 aromatic heterocycles. The number of rotatable bonds is 4. The molecule has 220 valence electrons. The second-order valence-electron chi connectivity index (χ2n) is 12.9. The lowest BCUT2D eigenvalue weighted by Gasteiger charge is -2.60. The van der Waals surface area contributed by atoms with Gasteiger partial charge in [0.2, 0.25) is 11.4 Å². The van der Waals surface area contributed by atoms with Crippen molar-refractivity contribution in [2.24, 2.45) is 28.6 Å². The van der Waals surface area contributed by atoms with Crippen LogP contribution in [0.15, 0.2) is 52.8 Å². The number of hydrogen-bond acceptors (Lipinski definition) is 6. The third-order valence-corrected chi connectivity index (χ3v) is 11.0. The van der Waals surface area contributed by atoms with Crippen molar-refractivity contribution in [1.29, 1.82) is 0 Å². The normalized spacial score (nSPS) is 34.9. The number of aliphatic hydroxyl groups is 1. The van der Waals surface area contributed by atoms with Crippen molar-refractivity contribution in [3.8, 4) is 5.69 Å². The van der Waals surface area contributed by atoms with Crippen LogP contribution < -0.4 is 0 Å².